The Morgan fingerprint density at radius 2 is 1.79 bits per heavy atom. The average molecular weight is 366 g/mol. The molecule has 0 N–H and O–H groups in total. The monoisotopic (exact) mass is 366 g/mol. The van der Waals surface area contributed by atoms with Crippen molar-refractivity contribution in [2.75, 3.05) is 14.1 Å². The van der Waals surface area contributed by atoms with Gasteiger partial charge in [-0.05, 0) is 23.6 Å². The van der Waals surface area contributed by atoms with Crippen LogP contribution in [0.15, 0.2) is 57.2 Å². The number of carbonyl (C=O) groups excluding carboxylic acids is 2. The number of hydrogen-bond donors (Lipinski definition) is 0. The normalized spacial score (nSPS) is 11.8. The molecule has 0 unspecified atom stereocenters. The number of rotatable bonds is 3. The van der Waals surface area contributed by atoms with Gasteiger partial charge in [0.25, 0.3) is 11.0 Å². The first kappa shape index (κ1) is 17.8. The van der Waals surface area contributed by atoms with Crippen LogP contribution in [-0.2, 0) is 19.5 Å². The Morgan fingerprint density at radius 1 is 1.12 bits per heavy atom. The van der Waals surface area contributed by atoms with E-state index >= 15 is 0 Å². The minimum atomic E-state index is -4.19. The van der Waals surface area contributed by atoms with Gasteiger partial charge in [0.1, 0.15) is 0 Å². The molecule has 0 spiro atoms. The predicted octanol–water partition coefficient (Wildman–Crippen LogP) is 1.78. The number of oxime groups is 1. The Hall–Kier alpha value is -2.52. The fourth-order valence-electron chi connectivity index (χ4n) is 1.62. The van der Waals surface area contributed by atoms with Crippen LogP contribution in [0.5, 0.6) is 0 Å². The molecular weight excluding hydrogens is 352 g/mol. The van der Waals surface area contributed by atoms with Gasteiger partial charge in [0, 0.05) is 19.5 Å². The van der Waals surface area contributed by atoms with E-state index < -0.39 is 26.8 Å². The van der Waals surface area contributed by atoms with Crippen molar-refractivity contribution in [3.05, 3.63) is 52.7 Å². The Labute approximate surface area is 143 Å². The van der Waals surface area contributed by atoms with Crippen molar-refractivity contribution < 1.29 is 22.8 Å². The van der Waals surface area contributed by atoms with E-state index in [-0.39, 0.29) is 10.5 Å². The quantitative estimate of drug-likeness (QED) is 0.357. The molecule has 2 rings (SSSR count). The van der Waals surface area contributed by atoms with Gasteiger partial charge in [-0.2, -0.15) is 11.3 Å². The maximum Gasteiger partial charge on any atom is 0.365 e. The lowest BCUT2D eigenvalue weighted by Crippen LogP contribution is -2.35. The zero-order chi connectivity index (χ0) is 17.7. The van der Waals surface area contributed by atoms with Crippen molar-refractivity contribution in [3.63, 3.8) is 0 Å². The summed E-state index contributed by atoms with van der Waals surface area (Å²) in [4.78, 5) is 29.7. The molecule has 126 valence electrons. The van der Waals surface area contributed by atoms with E-state index in [1.54, 1.807) is 23.6 Å². The number of hydrogen-bond acceptors (Lipinski definition) is 7. The zero-order valence-corrected chi connectivity index (χ0v) is 14.5. The molecule has 0 radical (unpaired) electrons. The summed E-state index contributed by atoms with van der Waals surface area (Å²) in [6.45, 7) is 0. The van der Waals surface area contributed by atoms with Crippen LogP contribution in [0.3, 0.4) is 0 Å². The summed E-state index contributed by atoms with van der Waals surface area (Å²) in [6, 6.07) is 9.26. The zero-order valence-electron chi connectivity index (χ0n) is 12.9. The van der Waals surface area contributed by atoms with Gasteiger partial charge in [-0.3, -0.25) is 4.79 Å². The lowest BCUT2D eigenvalue weighted by Gasteiger charge is -2.11. The van der Waals surface area contributed by atoms with Crippen LogP contribution in [-0.4, -0.2) is 44.3 Å². The molecule has 0 saturated carbocycles. The van der Waals surface area contributed by atoms with Gasteiger partial charge in [0.05, 0.1) is 10.5 Å². The first-order chi connectivity index (χ1) is 11.3. The summed E-state index contributed by atoms with van der Waals surface area (Å²) in [5.41, 5.74) is 0.186. The molecule has 0 fully saturated rings. The van der Waals surface area contributed by atoms with E-state index in [1.807, 2.05) is 0 Å². The van der Waals surface area contributed by atoms with E-state index in [9.17, 15) is 18.0 Å². The SMILES string of the molecule is CN(C)C(=O)C(=NOC(=O)c1ccccc1)S(=O)(=O)c1ccsc1. The highest BCUT2D eigenvalue weighted by Gasteiger charge is 2.32. The van der Waals surface area contributed by atoms with E-state index in [1.165, 1.54) is 37.7 Å². The smallest absolute Gasteiger partial charge is 0.343 e. The molecule has 1 aromatic carbocycles. The van der Waals surface area contributed by atoms with Crippen molar-refractivity contribution in [3.8, 4) is 0 Å². The summed E-state index contributed by atoms with van der Waals surface area (Å²) >= 11 is 1.16. The molecule has 1 heterocycles. The van der Waals surface area contributed by atoms with Crippen molar-refractivity contribution in [1.82, 2.24) is 4.90 Å². The topological polar surface area (TPSA) is 93.1 Å². The lowest BCUT2D eigenvalue weighted by atomic mass is 10.2. The Kier molecular flexibility index (Phi) is 5.47. The molecule has 7 nitrogen and oxygen atoms in total. The first-order valence-corrected chi connectivity index (χ1v) is 9.10. The molecule has 0 saturated heterocycles. The summed E-state index contributed by atoms with van der Waals surface area (Å²) in [5.74, 6) is -1.75. The number of benzene rings is 1. The number of sulfone groups is 1. The molecule has 1 aromatic heterocycles. The second-order valence-corrected chi connectivity index (χ2v) is 7.45. The van der Waals surface area contributed by atoms with Gasteiger partial charge >= 0.3 is 5.97 Å². The second kappa shape index (κ2) is 7.37. The molecule has 2 aromatic rings. The highest BCUT2D eigenvalue weighted by atomic mass is 32.2. The maximum atomic E-state index is 12.5. The number of amides is 1. The highest BCUT2D eigenvalue weighted by molar-refractivity contribution is 8.08. The Balaban J connectivity index is 2.37. The molecular formula is C15H14N2O5S2. The van der Waals surface area contributed by atoms with Crippen molar-refractivity contribution >= 4 is 38.1 Å². The van der Waals surface area contributed by atoms with Gasteiger partial charge in [0.15, 0.2) is 0 Å². The second-order valence-electron chi connectivity index (χ2n) is 4.80. The van der Waals surface area contributed by atoms with Crippen LogP contribution < -0.4 is 0 Å². The average Bonchev–Trinajstić information content (AvgIpc) is 3.10. The number of thiophene rings is 1. The third-order valence-electron chi connectivity index (χ3n) is 2.87. The van der Waals surface area contributed by atoms with Crippen LogP contribution in [0, 0.1) is 0 Å². The van der Waals surface area contributed by atoms with Crippen LogP contribution >= 0.6 is 11.3 Å². The third kappa shape index (κ3) is 3.87. The van der Waals surface area contributed by atoms with E-state index in [0.717, 1.165) is 16.2 Å². The summed E-state index contributed by atoms with van der Waals surface area (Å²) in [5, 5.41) is 5.41. The van der Waals surface area contributed by atoms with E-state index in [4.69, 9.17) is 0 Å². The van der Waals surface area contributed by atoms with Crippen molar-refractivity contribution in [2.24, 2.45) is 5.16 Å². The van der Waals surface area contributed by atoms with Crippen molar-refractivity contribution in [1.29, 1.82) is 0 Å². The molecule has 0 bridgehead atoms. The third-order valence-corrected chi connectivity index (χ3v) is 5.34. The highest BCUT2D eigenvalue weighted by Crippen LogP contribution is 2.17. The summed E-state index contributed by atoms with van der Waals surface area (Å²) < 4.78 is 25.1. The van der Waals surface area contributed by atoms with Gasteiger partial charge in [-0.1, -0.05) is 23.4 Å². The largest absolute Gasteiger partial charge is 0.365 e. The van der Waals surface area contributed by atoms with Gasteiger partial charge in [0.2, 0.25) is 9.84 Å². The summed E-state index contributed by atoms with van der Waals surface area (Å²) in [6.07, 6.45) is 0. The van der Waals surface area contributed by atoms with E-state index in [2.05, 4.69) is 9.99 Å². The molecule has 0 atom stereocenters. The first-order valence-electron chi connectivity index (χ1n) is 6.67. The Morgan fingerprint density at radius 3 is 2.33 bits per heavy atom. The number of carbonyl (C=O) groups is 2. The minimum Gasteiger partial charge on any atom is -0.343 e. The predicted molar refractivity (Wildman–Crippen MR) is 89.5 cm³/mol. The standard InChI is InChI=1S/C15H14N2O5S2/c1-17(2)14(18)13(24(20,21)12-8-9-23-10-12)16-22-15(19)11-6-4-3-5-7-11/h3-10H,1-2H3. The van der Waals surface area contributed by atoms with Crippen LogP contribution in [0.25, 0.3) is 0 Å². The van der Waals surface area contributed by atoms with Gasteiger partial charge < -0.3 is 9.74 Å². The fraction of sp³-hybridized carbons (Fsp3) is 0.133. The van der Waals surface area contributed by atoms with Crippen LogP contribution in [0.2, 0.25) is 0 Å². The number of nitrogens with zero attached hydrogens (tertiary/aromatic N) is 2. The van der Waals surface area contributed by atoms with E-state index in [0.29, 0.717) is 0 Å². The molecule has 9 heteroatoms. The molecule has 0 aliphatic heterocycles. The van der Waals surface area contributed by atoms with Crippen LogP contribution in [0.4, 0.5) is 0 Å². The molecule has 1 amide bonds. The Bertz CT molecular complexity index is 857. The molecule has 0 aliphatic rings. The minimum absolute atomic E-state index is 0.0859. The molecule has 24 heavy (non-hydrogen) atoms. The van der Waals surface area contributed by atoms with Crippen LogP contribution in [0.1, 0.15) is 10.4 Å². The van der Waals surface area contributed by atoms with Gasteiger partial charge in [-0.25, -0.2) is 13.2 Å². The maximum absolute atomic E-state index is 12.5. The summed E-state index contributed by atoms with van der Waals surface area (Å²) in [7, 11) is -1.44. The lowest BCUT2D eigenvalue weighted by molar-refractivity contribution is -0.121. The molecule has 0 aliphatic carbocycles. The van der Waals surface area contributed by atoms with Crippen molar-refractivity contribution in [2.45, 2.75) is 4.90 Å². The fourth-order valence-corrected chi connectivity index (χ4v) is 3.91. The van der Waals surface area contributed by atoms with Gasteiger partial charge in [-0.15, -0.1) is 0 Å².